The number of likely N-dealkylation sites (tertiary alicyclic amines) is 1. The zero-order valence-electron chi connectivity index (χ0n) is 19.6. The van der Waals surface area contributed by atoms with E-state index >= 15 is 0 Å². The molecule has 2 aliphatic heterocycles. The molecule has 0 radical (unpaired) electrons. The summed E-state index contributed by atoms with van der Waals surface area (Å²) >= 11 is 0. The zero-order valence-corrected chi connectivity index (χ0v) is 19.6. The number of aromatic nitrogens is 5. The van der Waals surface area contributed by atoms with Crippen molar-refractivity contribution in [2.45, 2.75) is 51.1 Å². The Hall–Kier alpha value is -3.05. The maximum absolute atomic E-state index is 14.8. The van der Waals surface area contributed by atoms with Crippen LogP contribution in [0.25, 0.3) is 11.4 Å². The van der Waals surface area contributed by atoms with Gasteiger partial charge in [-0.05, 0) is 31.9 Å². The Morgan fingerprint density at radius 2 is 1.83 bits per heavy atom. The molecule has 0 bridgehead atoms. The molecule has 0 aliphatic carbocycles. The lowest BCUT2D eigenvalue weighted by Gasteiger charge is -2.31. The third kappa shape index (κ3) is 5.46. The highest BCUT2D eigenvalue weighted by Gasteiger charge is 2.33. The van der Waals surface area contributed by atoms with E-state index in [9.17, 15) is 13.2 Å². The first-order valence-corrected chi connectivity index (χ1v) is 11.8. The van der Waals surface area contributed by atoms with Gasteiger partial charge >= 0.3 is 0 Å². The van der Waals surface area contributed by atoms with E-state index in [1.165, 1.54) is 0 Å². The summed E-state index contributed by atoms with van der Waals surface area (Å²) in [7, 11) is 0. The van der Waals surface area contributed by atoms with Gasteiger partial charge in [-0.25, -0.2) is 28.1 Å². The first-order chi connectivity index (χ1) is 16.9. The van der Waals surface area contributed by atoms with E-state index in [1.807, 2.05) is 28.5 Å². The Morgan fingerprint density at radius 3 is 2.54 bits per heavy atom. The number of alkyl halides is 2. The van der Waals surface area contributed by atoms with Crippen LogP contribution in [-0.2, 0) is 11.3 Å². The van der Waals surface area contributed by atoms with Crippen LogP contribution in [0.2, 0.25) is 0 Å². The van der Waals surface area contributed by atoms with Crippen LogP contribution in [0.3, 0.4) is 0 Å². The van der Waals surface area contributed by atoms with Crippen molar-refractivity contribution in [2.24, 2.45) is 0 Å². The molecule has 0 unspecified atom stereocenters. The predicted molar refractivity (Wildman–Crippen MR) is 124 cm³/mol. The second kappa shape index (κ2) is 9.90. The van der Waals surface area contributed by atoms with Crippen molar-refractivity contribution >= 4 is 11.6 Å². The number of pyridine rings is 1. The topological polar surface area (TPSA) is 81.0 Å². The van der Waals surface area contributed by atoms with E-state index in [4.69, 9.17) is 4.74 Å². The molecule has 1 N–H and O–H groups in total. The number of imidazole rings is 1. The minimum Gasteiger partial charge on any atom is -0.381 e. The largest absolute Gasteiger partial charge is 0.381 e. The minimum atomic E-state index is -2.56. The zero-order chi connectivity index (χ0) is 24.4. The van der Waals surface area contributed by atoms with Crippen molar-refractivity contribution in [2.75, 3.05) is 31.6 Å². The van der Waals surface area contributed by atoms with Gasteiger partial charge in [0, 0.05) is 51.7 Å². The SMILES string of the molecule is Cc1ncc(-c2nc(Nc3ccc(CN4CCC(F)(F)CC4)nc3)ncc2F)n1C1CCOCC1. The summed E-state index contributed by atoms with van der Waals surface area (Å²) in [6.07, 6.45) is 5.85. The van der Waals surface area contributed by atoms with Crippen LogP contribution in [0.4, 0.5) is 24.8 Å². The summed E-state index contributed by atoms with van der Waals surface area (Å²) < 4.78 is 49.0. The molecule has 0 amide bonds. The van der Waals surface area contributed by atoms with Crippen molar-refractivity contribution in [3.8, 4) is 11.4 Å². The van der Waals surface area contributed by atoms with E-state index in [0.717, 1.165) is 30.6 Å². The van der Waals surface area contributed by atoms with Crippen molar-refractivity contribution in [1.82, 2.24) is 29.4 Å². The molecule has 0 spiro atoms. The van der Waals surface area contributed by atoms with Gasteiger partial charge in [-0.1, -0.05) is 0 Å². The normalized spacial score (nSPS) is 19.1. The van der Waals surface area contributed by atoms with Crippen LogP contribution in [0.1, 0.15) is 43.2 Å². The molecule has 11 heteroatoms. The number of hydrogen-bond acceptors (Lipinski definition) is 7. The Bertz CT molecular complexity index is 1150. The van der Waals surface area contributed by atoms with Gasteiger partial charge in [0.25, 0.3) is 5.92 Å². The summed E-state index contributed by atoms with van der Waals surface area (Å²) in [4.78, 5) is 19.3. The van der Waals surface area contributed by atoms with Crippen LogP contribution in [0.15, 0.2) is 30.7 Å². The van der Waals surface area contributed by atoms with Gasteiger partial charge < -0.3 is 14.6 Å². The number of halogens is 3. The lowest BCUT2D eigenvalue weighted by atomic mass is 10.1. The maximum Gasteiger partial charge on any atom is 0.250 e. The van der Waals surface area contributed by atoms with E-state index < -0.39 is 11.7 Å². The van der Waals surface area contributed by atoms with E-state index in [2.05, 4.69) is 25.3 Å². The Kier molecular flexibility index (Phi) is 6.70. The van der Waals surface area contributed by atoms with Crippen LogP contribution in [0.5, 0.6) is 0 Å². The second-order valence-corrected chi connectivity index (χ2v) is 9.09. The fourth-order valence-corrected chi connectivity index (χ4v) is 4.63. The molecule has 35 heavy (non-hydrogen) atoms. The Balaban J connectivity index is 1.29. The highest BCUT2D eigenvalue weighted by molar-refractivity contribution is 5.59. The lowest BCUT2D eigenvalue weighted by Crippen LogP contribution is -2.38. The average molecular weight is 488 g/mol. The monoisotopic (exact) mass is 487 g/mol. The van der Waals surface area contributed by atoms with Gasteiger partial charge in [-0.2, -0.15) is 0 Å². The molecule has 0 aromatic carbocycles. The van der Waals surface area contributed by atoms with E-state index in [-0.39, 0.29) is 30.5 Å². The van der Waals surface area contributed by atoms with Crippen LogP contribution in [-0.4, -0.2) is 61.6 Å². The highest BCUT2D eigenvalue weighted by Crippen LogP contribution is 2.31. The quantitative estimate of drug-likeness (QED) is 0.548. The molecule has 0 atom stereocenters. The van der Waals surface area contributed by atoms with E-state index in [1.54, 1.807) is 12.4 Å². The summed E-state index contributed by atoms with van der Waals surface area (Å²) in [5.41, 5.74) is 2.22. The second-order valence-electron chi connectivity index (χ2n) is 9.09. The average Bonchev–Trinajstić information content (AvgIpc) is 3.24. The number of hydrogen-bond donors (Lipinski definition) is 1. The smallest absolute Gasteiger partial charge is 0.250 e. The molecule has 8 nitrogen and oxygen atoms in total. The third-order valence-corrected chi connectivity index (χ3v) is 6.58. The number of ether oxygens (including phenoxy) is 1. The van der Waals surface area contributed by atoms with Gasteiger partial charge in [0.05, 0.1) is 35.7 Å². The highest BCUT2D eigenvalue weighted by atomic mass is 19.3. The number of nitrogens with zero attached hydrogens (tertiary/aromatic N) is 6. The van der Waals surface area contributed by atoms with Crippen molar-refractivity contribution in [1.29, 1.82) is 0 Å². The fourth-order valence-electron chi connectivity index (χ4n) is 4.63. The van der Waals surface area contributed by atoms with Gasteiger partial charge in [0.2, 0.25) is 5.95 Å². The van der Waals surface area contributed by atoms with Crippen LogP contribution in [0, 0.1) is 12.7 Å². The van der Waals surface area contributed by atoms with Gasteiger partial charge in [0.1, 0.15) is 11.5 Å². The van der Waals surface area contributed by atoms with Crippen LogP contribution < -0.4 is 5.32 Å². The van der Waals surface area contributed by atoms with Crippen molar-refractivity contribution < 1.29 is 17.9 Å². The molecule has 3 aromatic heterocycles. The first-order valence-electron chi connectivity index (χ1n) is 11.8. The number of piperidine rings is 1. The number of rotatable bonds is 6. The molecule has 2 saturated heterocycles. The number of aryl methyl sites for hydroxylation is 1. The minimum absolute atomic E-state index is 0.121. The maximum atomic E-state index is 14.8. The van der Waals surface area contributed by atoms with Crippen LogP contribution >= 0.6 is 0 Å². The molecule has 186 valence electrons. The fraction of sp³-hybridized carbons (Fsp3) is 0.500. The number of anilines is 2. The first kappa shape index (κ1) is 23.7. The molecular formula is C24H28F3N7O. The van der Waals surface area contributed by atoms with Gasteiger partial charge in [0.15, 0.2) is 5.82 Å². The standard InChI is InChI=1S/C24H28F3N7O/c1-16-28-14-21(34(16)19-4-10-35-11-5-19)22-20(25)13-30-23(32-22)31-17-2-3-18(29-12-17)15-33-8-6-24(26,27)7-9-33/h2-3,12-14,19H,4-11,15H2,1H3,(H,30,31,32). The van der Waals surface area contributed by atoms with E-state index in [0.29, 0.717) is 44.2 Å². The summed E-state index contributed by atoms with van der Waals surface area (Å²) in [5.74, 6) is -2.04. The Morgan fingerprint density at radius 1 is 1.06 bits per heavy atom. The molecule has 2 fully saturated rings. The molecule has 0 saturated carbocycles. The summed E-state index contributed by atoms with van der Waals surface area (Å²) in [6.45, 7) is 4.45. The molecule has 3 aromatic rings. The van der Waals surface area contributed by atoms with Gasteiger partial charge in [-0.15, -0.1) is 0 Å². The van der Waals surface area contributed by atoms with Crippen molar-refractivity contribution in [3.63, 3.8) is 0 Å². The number of nitrogens with one attached hydrogen (secondary N) is 1. The molecule has 5 rings (SSSR count). The summed E-state index contributed by atoms with van der Waals surface area (Å²) in [5, 5.41) is 3.07. The van der Waals surface area contributed by atoms with Gasteiger partial charge in [-0.3, -0.25) is 9.88 Å². The van der Waals surface area contributed by atoms with Crippen molar-refractivity contribution in [3.05, 3.63) is 48.1 Å². The molecular weight excluding hydrogens is 459 g/mol. The Labute approximate surface area is 201 Å². The predicted octanol–water partition coefficient (Wildman–Crippen LogP) is 4.51. The lowest BCUT2D eigenvalue weighted by molar-refractivity contribution is -0.0568. The molecule has 5 heterocycles. The summed E-state index contributed by atoms with van der Waals surface area (Å²) in [6, 6.07) is 3.84. The third-order valence-electron chi connectivity index (χ3n) is 6.58. The molecule has 2 aliphatic rings.